The molecule has 0 bridgehead atoms. The lowest BCUT2D eigenvalue weighted by molar-refractivity contribution is -0.140. The number of fused-ring (bicyclic) bond motifs is 1. The van der Waals surface area contributed by atoms with Crippen molar-refractivity contribution in [3.8, 4) is 22.5 Å². The first-order valence-electron chi connectivity index (χ1n) is 12.9. The number of pyridine rings is 1. The molecule has 200 valence electrons. The molecule has 3 aromatic carbocycles. The van der Waals surface area contributed by atoms with E-state index in [1.165, 1.54) is 12.1 Å². The predicted octanol–water partition coefficient (Wildman–Crippen LogP) is 7.73. The van der Waals surface area contributed by atoms with E-state index < -0.39 is 29.5 Å². The first-order chi connectivity index (χ1) is 19.3. The number of aromatic nitrogens is 1. The number of hydrogen-bond donors (Lipinski definition) is 2. The summed E-state index contributed by atoms with van der Waals surface area (Å²) < 4.78 is 25.4. The Hall–Kier alpha value is -4.98. The van der Waals surface area contributed by atoms with Crippen LogP contribution in [0, 0.1) is 5.95 Å². The van der Waals surface area contributed by atoms with Gasteiger partial charge in [-0.2, -0.15) is 9.37 Å². The summed E-state index contributed by atoms with van der Waals surface area (Å²) in [6.45, 7) is 1.78. The molecule has 0 spiro atoms. The number of ether oxygens (including phenoxy) is 1. The molecule has 0 unspecified atom stereocenters. The van der Waals surface area contributed by atoms with Crippen LogP contribution in [0.1, 0.15) is 37.0 Å². The van der Waals surface area contributed by atoms with Gasteiger partial charge in [0.1, 0.15) is 11.8 Å². The molecule has 0 saturated heterocycles. The molecular formula is C32H25FN2O5. The first-order valence-corrected chi connectivity index (χ1v) is 12.9. The van der Waals surface area contributed by atoms with Gasteiger partial charge in [0.2, 0.25) is 11.7 Å². The van der Waals surface area contributed by atoms with E-state index in [9.17, 15) is 19.1 Å². The highest BCUT2D eigenvalue weighted by atomic mass is 19.1. The number of rotatable bonds is 7. The van der Waals surface area contributed by atoms with Gasteiger partial charge in [0, 0.05) is 5.56 Å². The van der Waals surface area contributed by atoms with E-state index in [0.717, 1.165) is 22.3 Å². The number of aliphatic carboxylic acids is 1. The summed E-state index contributed by atoms with van der Waals surface area (Å²) >= 11 is 0. The maximum absolute atomic E-state index is 13.9. The SMILES string of the molecule is C[C@@H](OC(=O)Nc1c(-c2ccc(-c3ccc(C4(C(=O)O)CC4)cc3)cc2)oc2nc(F)ccc12)c1ccccc1. The summed E-state index contributed by atoms with van der Waals surface area (Å²) in [7, 11) is 0. The summed E-state index contributed by atoms with van der Waals surface area (Å²) in [5.74, 6) is -1.17. The lowest BCUT2D eigenvalue weighted by Crippen LogP contribution is -2.19. The summed E-state index contributed by atoms with van der Waals surface area (Å²) in [6.07, 6.45) is 0.133. The van der Waals surface area contributed by atoms with Crippen LogP contribution in [0.15, 0.2) is 95.4 Å². The third-order valence-electron chi connectivity index (χ3n) is 7.38. The molecule has 1 atom stereocenters. The Bertz CT molecular complexity index is 1710. The number of hydrogen-bond acceptors (Lipinski definition) is 5. The van der Waals surface area contributed by atoms with Gasteiger partial charge in [0.15, 0.2) is 5.76 Å². The van der Waals surface area contributed by atoms with Crippen molar-refractivity contribution in [3.63, 3.8) is 0 Å². The van der Waals surface area contributed by atoms with E-state index in [0.29, 0.717) is 35.2 Å². The van der Waals surface area contributed by atoms with E-state index in [2.05, 4.69) is 10.3 Å². The van der Waals surface area contributed by atoms with E-state index in [1.807, 2.05) is 78.9 Å². The normalized spacial score (nSPS) is 14.4. The molecule has 0 aliphatic heterocycles. The monoisotopic (exact) mass is 536 g/mol. The van der Waals surface area contributed by atoms with E-state index in [4.69, 9.17) is 9.15 Å². The molecule has 7 nitrogen and oxygen atoms in total. The Labute approximate surface area is 229 Å². The molecule has 6 rings (SSSR count). The fraction of sp³-hybridized carbons (Fsp3) is 0.156. The zero-order valence-electron chi connectivity index (χ0n) is 21.6. The van der Waals surface area contributed by atoms with Gasteiger partial charge in [0.25, 0.3) is 0 Å². The molecule has 40 heavy (non-hydrogen) atoms. The van der Waals surface area contributed by atoms with Gasteiger partial charge < -0.3 is 14.3 Å². The van der Waals surface area contributed by atoms with Gasteiger partial charge in [-0.3, -0.25) is 10.1 Å². The van der Waals surface area contributed by atoms with Crippen LogP contribution < -0.4 is 5.32 Å². The van der Waals surface area contributed by atoms with Crippen molar-refractivity contribution in [1.29, 1.82) is 0 Å². The molecule has 0 radical (unpaired) electrons. The van der Waals surface area contributed by atoms with Crippen molar-refractivity contribution in [3.05, 3.63) is 108 Å². The Balaban J connectivity index is 1.27. The molecule has 1 aliphatic rings. The number of carbonyl (C=O) groups excluding carboxylic acids is 1. The fourth-order valence-corrected chi connectivity index (χ4v) is 4.91. The number of carboxylic acids is 1. The van der Waals surface area contributed by atoms with Crippen molar-refractivity contribution in [1.82, 2.24) is 4.98 Å². The number of anilines is 1. The van der Waals surface area contributed by atoms with Gasteiger partial charge in [-0.05, 0) is 54.2 Å². The molecule has 2 heterocycles. The molecule has 1 aliphatic carbocycles. The maximum atomic E-state index is 13.9. The molecule has 1 fully saturated rings. The number of nitrogens with one attached hydrogen (secondary N) is 1. The Morgan fingerprint density at radius 1 is 0.925 bits per heavy atom. The summed E-state index contributed by atoms with van der Waals surface area (Å²) in [5, 5.41) is 12.8. The quantitative estimate of drug-likeness (QED) is 0.206. The lowest BCUT2D eigenvalue weighted by Gasteiger charge is -2.14. The average molecular weight is 537 g/mol. The summed E-state index contributed by atoms with van der Waals surface area (Å²) in [6, 6.07) is 27.1. The highest BCUT2D eigenvalue weighted by Crippen LogP contribution is 2.48. The molecule has 1 amide bonds. The van der Waals surface area contributed by atoms with Gasteiger partial charge in [-0.25, -0.2) is 4.79 Å². The van der Waals surface area contributed by atoms with Crippen molar-refractivity contribution in [2.75, 3.05) is 5.32 Å². The highest BCUT2D eigenvalue weighted by Gasteiger charge is 2.51. The second-order valence-corrected chi connectivity index (χ2v) is 9.92. The molecule has 2 N–H and O–H groups in total. The minimum absolute atomic E-state index is 0.0495. The van der Waals surface area contributed by atoms with Gasteiger partial charge in [0.05, 0.1) is 10.8 Å². The van der Waals surface area contributed by atoms with Gasteiger partial charge in [-0.1, -0.05) is 78.9 Å². The Morgan fingerprint density at radius 3 is 2.17 bits per heavy atom. The van der Waals surface area contributed by atoms with Crippen molar-refractivity contribution in [2.24, 2.45) is 0 Å². The van der Waals surface area contributed by atoms with Crippen molar-refractivity contribution < 1.29 is 28.2 Å². The number of nitrogens with zero attached hydrogens (tertiary/aromatic N) is 1. The van der Waals surface area contributed by atoms with Crippen LogP contribution >= 0.6 is 0 Å². The van der Waals surface area contributed by atoms with E-state index in [-0.39, 0.29) is 5.71 Å². The van der Waals surface area contributed by atoms with E-state index in [1.54, 1.807) is 6.92 Å². The van der Waals surface area contributed by atoms with E-state index >= 15 is 0 Å². The van der Waals surface area contributed by atoms with Crippen LogP contribution in [0.5, 0.6) is 0 Å². The number of furan rings is 1. The highest BCUT2D eigenvalue weighted by molar-refractivity contribution is 6.04. The van der Waals surface area contributed by atoms with Crippen molar-refractivity contribution >= 4 is 28.8 Å². The predicted molar refractivity (Wildman–Crippen MR) is 148 cm³/mol. The number of carboxylic acid groups (broad SMARTS) is 1. The van der Waals surface area contributed by atoms with Crippen LogP contribution in [0.4, 0.5) is 14.9 Å². The van der Waals surface area contributed by atoms with Crippen LogP contribution in [-0.4, -0.2) is 22.2 Å². The van der Waals surface area contributed by atoms with Crippen LogP contribution in [0.2, 0.25) is 0 Å². The summed E-state index contributed by atoms with van der Waals surface area (Å²) in [4.78, 5) is 28.3. The second-order valence-electron chi connectivity index (χ2n) is 9.92. The molecule has 5 aromatic rings. The number of benzene rings is 3. The average Bonchev–Trinajstić information content (AvgIpc) is 3.72. The standard InChI is InChI=1S/C32H25FN2O5/c1-19(20-5-3-2-4-6-20)39-31(38)35-27-25-15-16-26(33)34-29(25)40-28(27)23-9-7-21(8-10-23)22-11-13-24(14-12-22)32(17-18-32)30(36)37/h2-16,19H,17-18H2,1H3,(H,35,38)(H,36,37)/t19-/m1/s1. The van der Waals surface area contributed by atoms with Crippen LogP contribution in [-0.2, 0) is 14.9 Å². The zero-order valence-corrected chi connectivity index (χ0v) is 21.6. The number of halogens is 1. The summed E-state index contributed by atoms with van der Waals surface area (Å²) in [5.41, 5.74) is 3.78. The first kappa shape index (κ1) is 25.3. The number of carbonyl (C=O) groups is 2. The minimum atomic E-state index is -0.785. The smallest absolute Gasteiger partial charge is 0.412 e. The largest absolute Gasteiger partial charge is 0.481 e. The molecule has 2 aromatic heterocycles. The topological polar surface area (TPSA) is 102 Å². The van der Waals surface area contributed by atoms with Gasteiger partial charge in [-0.15, -0.1) is 0 Å². The second kappa shape index (κ2) is 9.96. The fourth-order valence-electron chi connectivity index (χ4n) is 4.91. The molecule has 1 saturated carbocycles. The number of amides is 1. The molecular weight excluding hydrogens is 511 g/mol. The Morgan fingerprint density at radius 2 is 1.55 bits per heavy atom. The third-order valence-corrected chi connectivity index (χ3v) is 7.38. The molecule has 8 heteroatoms. The minimum Gasteiger partial charge on any atom is -0.481 e. The Kier molecular flexibility index (Phi) is 6.30. The lowest BCUT2D eigenvalue weighted by atomic mass is 9.93. The third kappa shape index (κ3) is 4.68. The maximum Gasteiger partial charge on any atom is 0.412 e. The van der Waals surface area contributed by atoms with Gasteiger partial charge >= 0.3 is 12.1 Å². The zero-order chi connectivity index (χ0) is 27.9. The van der Waals surface area contributed by atoms with Crippen molar-refractivity contribution in [2.45, 2.75) is 31.3 Å². The van der Waals surface area contributed by atoms with Crippen LogP contribution in [0.3, 0.4) is 0 Å². The van der Waals surface area contributed by atoms with Crippen LogP contribution in [0.25, 0.3) is 33.6 Å².